The second-order valence-electron chi connectivity index (χ2n) is 3.02. The summed E-state index contributed by atoms with van der Waals surface area (Å²) in [4.78, 5) is 2.40. The Bertz CT molecular complexity index is 392. The van der Waals surface area contributed by atoms with Crippen molar-refractivity contribution in [2.75, 3.05) is 6.54 Å². The minimum Gasteiger partial charge on any atom is -0.287 e. The molecule has 0 spiro atoms. The highest BCUT2D eigenvalue weighted by molar-refractivity contribution is 7.12. The molecule has 72 valence electrons. The number of rotatable bonds is 3. The molecule has 0 bridgehead atoms. The molecule has 0 fully saturated rings. The first kappa shape index (κ1) is 10.8. The number of nitrogens with one attached hydrogen (secondary N) is 1. The van der Waals surface area contributed by atoms with Gasteiger partial charge in [0, 0.05) is 9.75 Å². The summed E-state index contributed by atoms with van der Waals surface area (Å²) in [6.45, 7) is 4.48. The fourth-order valence-electron chi connectivity index (χ4n) is 1.32. The summed E-state index contributed by atoms with van der Waals surface area (Å²) in [7, 11) is 0. The highest BCUT2D eigenvalue weighted by Crippen LogP contribution is 2.25. The first-order valence-electron chi connectivity index (χ1n) is 4.32. The lowest BCUT2D eigenvalue weighted by molar-refractivity contribution is 0.690. The van der Waals surface area contributed by atoms with Gasteiger partial charge in [-0.25, -0.2) is 0 Å². The summed E-state index contributed by atoms with van der Waals surface area (Å²) in [5, 5.41) is 12.0. The second kappa shape index (κ2) is 4.81. The largest absolute Gasteiger partial charge is 0.287 e. The van der Waals surface area contributed by atoms with E-state index in [1.165, 1.54) is 9.75 Å². The highest BCUT2D eigenvalue weighted by atomic mass is 32.1. The maximum atomic E-state index is 8.96. The SMILES string of the molecule is C#CCNC(C#N)c1cc(C)sc1C. The smallest absolute Gasteiger partial charge is 0.123 e. The van der Waals surface area contributed by atoms with E-state index >= 15 is 0 Å². The van der Waals surface area contributed by atoms with E-state index in [1.54, 1.807) is 11.3 Å². The minimum absolute atomic E-state index is 0.281. The molecule has 1 rings (SSSR count). The Hall–Kier alpha value is -1.29. The molecule has 0 aliphatic heterocycles. The van der Waals surface area contributed by atoms with E-state index in [1.807, 2.05) is 19.9 Å². The van der Waals surface area contributed by atoms with Gasteiger partial charge in [0.1, 0.15) is 6.04 Å². The quantitative estimate of drug-likeness (QED) is 0.766. The van der Waals surface area contributed by atoms with Crippen molar-refractivity contribution >= 4 is 11.3 Å². The molecule has 0 aromatic carbocycles. The summed E-state index contributed by atoms with van der Waals surface area (Å²) < 4.78 is 0. The summed E-state index contributed by atoms with van der Waals surface area (Å²) in [5.74, 6) is 2.47. The fraction of sp³-hybridized carbons (Fsp3) is 0.364. The minimum atomic E-state index is -0.281. The average Bonchev–Trinajstić information content (AvgIpc) is 2.47. The molecule has 0 amide bonds. The van der Waals surface area contributed by atoms with Crippen LogP contribution in [0.15, 0.2) is 6.07 Å². The van der Waals surface area contributed by atoms with Crippen molar-refractivity contribution in [2.45, 2.75) is 19.9 Å². The van der Waals surface area contributed by atoms with E-state index in [2.05, 4.69) is 17.3 Å². The van der Waals surface area contributed by atoms with Gasteiger partial charge in [-0.2, -0.15) is 5.26 Å². The first-order valence-corrected chi connectivity index (χ1v) is 5.14. The van der Waals surface area contributed by atoms with Gasteiger partial charge < -0.3 is 0 Å². The number of thiophene rings is 1. The van der Waals surface area contributed by atoms with Crippen LogP contribution in [0.2, 0.25) is 0 Å². The topological polar surface area (TPSA) is 35.8 Å². The Labute approximate surface area is 88.6 Å². The van der Waals surface area contributed by atoms with E-state index in [0.29, 0.717) is 6.54 Å². The second-order valence-corrected chi connectivity index (χ2v) is 4.48. The molecule has 1 atom stereocenters. The van der Waals surface area contributed by atoms with Crippen LogP contribution in [0.5, 0.6) is 0 Å². The molecule has 0 aliphatic carbocycles. The standard InChI is InChI=1S/C11H12N2S/c1-4-5-13-11(7-12)10-6-8(2)14-9(10)3/h1,6,11,13H,5H2,2-3H3. The lowest BCUT2D eigenvalue weighted by atomic mass is 10.1. The van der Waals surface area contributed by atoms with Crippen LogP contribution in [0.25, 0.3) is 0 Å². The molecule has 3 heteroatoms. The molecule has 0 aliphatic rings. The molecular formula is C11H12N2S. The van der Waals surface area contributed by atoms with Gasteiger partial charge in [-0.3, -0.25) is 5.32 Å². The maximum Gasteiger partial charge on any atom is 0.123 e. The molecule has 0 saturated heterocycles. The molecule has 2 nitrogen and oxygen atoms in total. The van der Waals surface area contributed by atoms with Gasteiger partial charge in [0.2, 0.25) is 0 Å². The lowest BCUT2D eigenvalue weighted by Crippen LogP contribution is -2.20. The van der Waals surface area contributed by atoms with Crippen molar-refractivity contribution in [1.82, 2.24) is 5.32 Å². The van der Waals surface area contributed by atoms with E-state index in [-0.39, 0.29) is 6.04 Å². The van der Waals surface area contributed by atoms with Gasteiger partial charge >= 0.3 is 0 Å². The predicted molar refractivity (Wildman–Crippen MR) is 59.0 cm³/mol. The van der Waals surface area contributed by atoms with Gasteiger partial charge in [0.05, 0.1) is 12.6 Å². The molecule has 0 saturated carbocycles. The van der Waals surface area contributed by atoms with Crippen LogP contribution in [-0.2, 0) is 0 Å². The molecule has 14 heavy (non-hydrogen) atoms. The monoisotopic (exact) mass is 204 g/mol. The number of hydrogen-bond acceptors (Lipinski definition) is 3. The van der Waals surface area contributed by atoms with Gasteiger partial charge in [-0.1, -0.05) is 5.92 Å². The van der Waals surface area contributed by atoms with Crippen LogP contribution in [0.1, 0.15) is 21.4 Å². The Morgan fingerprint density at radius 2 is 2.36 bits per heavy atom. The molecule has 1 unspecified atom stereocenters. The third kappa shape index (κ3) is 2.35. The third-order valence-electron chi connectivity index (χ3n) is 1.93. The molecule has 1 aromatic rings. The van der Waals surface area contributed by atoms with Crippen molar-refractivity contribution in [2.24, 2.45) is 0 Å². The highest BCUT2D eigenvalue weighted by Gasteiger charge is 2.13. The van der Waals surface area contributed by atoms with E-state index in [9.17, 15) is 0 Å². The third-order valence-corrected chi connectivity index (χ3v) is 2.91. The zero-order valence-electron chi connectivity index (χ0n) is 8.29. The van der Waals surface area contributed by atoms with Gasteiger partial charge in [0.15, 0.2) is 0 Å². The van der Waals surface area contributed by atoms with Crippen LogP contribution < -0.4 is 5.32 Å². The van der Waals surface area contributed by atoms with Crippen LogP contribution in [0, 0.1) is 37.5 Å². The van der Waals surface area contributed by atoms with Gasteiger partial charge in [0.25, 0.3) is 0 Å². The fourth-order valence-corrected chi connectivity index (χ4v) is 2.29. The molecular weight excluding hydrogens is 192 g/mol. The Morgan fingerprint density at radius 1 is 1.64 bits per heavy atom. The molecule has 0 radical (unpaired) electrons. The van der Waals surface area contributed by atoms with Crippen LogP contribution in [-0.4, -0.2) is 6.54 Å². The first-order chi connectivity index (χ1) is 6.69. The van der Waals surface area contributed by atoms with E-state index in [0.717, 1.165) is 5.56 Å². The zero-order valence-corrected chi connectivity index (χ0v) is 9.11. The van der Waals surface area contributed by atoms with Crippen LogP contribution in [0.3, 0.4) is 0 Å². The predicted octanol–water partition coefficient (Wildman–Crippen LogP) is 2.15. The molecule has 1 heterocycles. The van der Waals surface area contributed by atoms with Crippen molar-refractivity contribution < 1.29 is 0 Å². The normalized spacial score (nSPS) is 11.7. The number of hydrogen-bond donors (Lipinski definition) is 1. The molecule has 1 aromatic heterocycles. The maximum absolute atomic E-state index is 8.96. The number of nitrogens with zero attached hydrogens (tertiary/aromatic N) is 1. The summed E-state index contributed by atoms with van der Waals surface area (Å²) in [5.41, 5.74) is 1.05. The van der Waals surface area contributed by atoms with Crippen LogP contribution >= 0.6 is 11.3 Å². The Morgan fingerprint density at radius 3 is 2.79 bits per heavy atom. The van der Waals surface area contributed by atoms with Crippen molar-refractivity contribution in [3.05, 3.63) is 21.4 Å². The van der Waals surface area contributed by atoms with Crippen LogP contribution in [0.4, 0.5) is 0 Å². The van der Waals surface area contributed by atoms with Gasteiger partial charge in [-0.15, -0.1) is 17.8 Å². The van der Waals surface area contributed by atoms with Gasteiger partial charge in [-0.05, 0) is 25.5 Å². The lowest BCUT2D eigenvalue weighted by Gasteiger charge is -2.08. The number of nitriles is 1. The van der Waals surface area contributed by atoms with Crippen molar-refractivity contribution in [3.63, 3.8) is 0 Å². The Kier molecular flexibility index (Phi) is 3.71. The van der Waals surface area contributed by atoms with E-state index in [4.69, 9.17) is 11.7 Å². The summed E-state index contributed by atoms with van der Waals surface area (Å²) >= 11 is 1.70. The summed E-state index contributed by atoms with van der Waals surface area (Å²) in [6, 6.07) is 3.96. The van der Waals surface area contributed by atoms with Crippen molar-refractivity contribution in [3.8, 4) is 18.4 Å². The van der Waals surface area contributed by atoms with Crippen molar-refractivity contribution in [1.29, 1.82) is 5.26 Å². The van der Waals surface area contributed by atoms with E-state index < -0.39 is 0 Å². The summed E-state index contributed by atoms with van der Waals surface area (Å²) in [6.07, 6.45) is 5.13. The number of aryl methyl sites for hydroxylation is 2. The number of terminal acetylenes is 1. The molecule has 1 N–H and O–H groups in total. The zero-order chi connectivity index (χ0) is 10.6. The Balaban J connectivity index is 2.86. The average molecular weight is 204 g/mol.